The summed E-state index contributed by atoms with van der Waals surface area (Å²) >= 11 is 0. The molecule has 0 aliphatic rings. The van der Waals surface area contributed by atoms with Gasteiger partial charge in [-0.3, -0.25) is 9.59 Å². The smallest absolute Gasteiger partial charge is 0.306 e. The van der Waals surface area contributed by atoms with Gasteiger partial charge in [-0.25, -0.2) is 0 Å². The first-order valence-corrected chi connectivity index (χ1v) is 13.6. The molecule has 0 aliphatic carbocycles. The highest BCUT2D eigenvalue weighted by Gasteiger charge is 2.33. The van der Waals surface area contributed by atoms with Crippen molar-refractivity contribution in [1.82, 2.24) is 0 Å². The van der Waals surface area contributed by atoms with Gasteiger partial charge in [0.1, 0.15) is 28.2 Å². The molecule has 10 heteroatoms. The minimum atomic E-state index is -1.03. The van der Waals surface area contributed by atoms with Gasteiger partial charge in [0.25, 0.3) is 0 Å². The van der Waals surface area contributed by atoms with Crippen molar-refractivity contribution in [2.24, 2.45) is 0 Å². The van der Waals surface area contributed by atoms with E-state index >= 15 is 0 Å². The number of carbonyl (C=O) groups excluding carboxylic acids is 1. The molecule has 4 rings (SSSR count). The lowest BCUT2D eigenvalue weighted by Crippen LogP contribution is -2.20. The predicted octanol–water partition coefficient (Wildman–Crippen LogP) is 5.98. The fraction of sp³-hybridized carbons (Fsp3) is 0.333. The maximum atomic E-state index is 13.4. The van der Waals surface area contributed by atoms with Crippen LogP contribution in [0.4, 0.5) is 0 Å². The second-order valence-electron chi connectivity index (χ2n) is 12.6. The molecule has 0 amide bonds. The van der Waals surface area contributed by atoms with E-state index in [4.69, 9.17) is 9.15 Å². The Bertz CT molecular complexity index is 1770. The van der Waals surface area contributed by atoms with Crippen LogP contribution in [0.25, 0.3) is 22.3 Å². The molecule has 10 nitrogen and oxygen atoms in total. The Morgan fingerprint density at radius 2 is 1.37 bits per heavy atom. The molecular weight excluding hydrogens is 556 g/mol. The number of phenolic OH excluding ortho intramolecular Hbond substituents is 5. The van der Waals surface area contributed by atoms with E-state index in [9.17, 15) is 40.2 Å². The van der Waals surface area contributed by atoms with Crippen LogP contribution in [-0.4, -0.2) is 43.7 Å². The zero-order chi connectivity index (χ0) is 32.2. The molecule has 3 aromatic carbocycles. The van der Waals surface area contributed by atoms with Gasteiger partial charge in [0, 0.05) is 23.1 Å². The standard InChI is InChI=1S/C33H36O10/c1-32(2,3)18-10-16(11-19(27(18)39)33(4,5)6)17(13-24(38)42-7)25-22(36)14-23(37)26-28(40)29(41)30(43-31(25)26)15-8-9-20(34)21(35)12-15/h8-12,14,17,34-37,39,41H,13H2,1-7H3/t17-/m1/s1. The average Bonchev–Trinajstić information content (AvgIpc) is 2.90. The van der Waals surface area contributed by atoms with E-state index in [0.717, 1.165) is 18.2 Å². The molecule has 228 valence electrons. The number of phenols is 5. The van der Waals surface area contributed by atoms with Gasteiger partial charge in [0.2, 0.25) is 11.2 Å². The second kappa shape index (κ2) is 10.8. The number of fused-ring (bicyclic) bond motifs is 1. The van der Waals surface area contributed by atoms with Crippen LogP contribution in [0.2, 0.25) is 0 Å². The normalized spacial score (nSPS) is 12.8. The Morgan fingerprint density at radius 3 is 1.88 bits per heavy atom. The number of rotatable bonds is 5. The van der Waals surface area contributed by atoms with Crippen LogP contribution in [0.3, 0.4) is 0 Å². The average molecular weight is 593 g/mol. The molecule has 0 unspecified atom stereocenters. The molecule has 0 radical (unpaired) electrons. The molecule has 1 aromatic heterocycles. The van der Waals surface area contributed by atoms with Gasteiger partial charge < -0.3 is 39.8 Å². The molecule has 0 saturated carbocycles. The summed E-state index contributed by atoms with van der Waals surface area (Å²) in [6.07, 6.45) is -0.332. The lowest BCUT2D eigenvalue weighted by Gasteiger charge is -2.30. The molecular formula is C33H36O10. The highest BCUT2D eigenvalue weighted by molar-refractivity contribution is 5.92. The SMILES string of the molecule is COC(=O)C[C@H](c1cc(C(C)(C)C)c(O)c(C(C)(C)C)c1)c1c(O)cc(O)c2c(=O)c(O)c(-c3ccc(O)c(O)c3)oc12. The van der Waals surface area contributed by atoms with Crippen LogP contribution in [0.5, 0.6) is 34.5 Å². The number of aromatic hydroxyl groups is 6. The third-order valence-corrected chi connectivity index (χ3v) is 7.47. The molecule has 0 spiro atoms. The van der Waals surface area contributed by atoms with Crippen molar-refractivity contribution >= 4 is 16.9 Å². The highest BCUT2D eigenvalue weighted by Crippen LogP contribution is 2.48. The van der Waals surface area contributed by atoms with Crippen molar-refractivity contribution in [1.29, 1.82) is 0 Å². The summed E-state index contributed by atoms with van der Waals surface area (Å²) in [5.74, 6) is -5.05. The molecule has 4 aromatic rings. The molecule has 43 heavy (non-hydrogen) atoms. The molecule has 1 atom stereocenters. The van der Waals surface area contributed by atoms with E-state index in [1.807, 2.05) is 41.5 Å². The third kappa shape index (κ3) is 5.64. The predicted molar refractivity (Wildman–Crippen MR) is 160 cm³/mol. The Labute approximate surface area is 248 Å². The number of esters is 1. The Kier molecular flexibility index (Phi) is 7.78. The topological polar surface area (TPSA) is 178 Å². The first kappa shape index (κ1) is 31.1. The lowest BCUT2D eigenvalue weighted by molar-refractivity contribution is -0.140. The number of carbonyl (C=O) groups is 1. The van der Waals surface area contributed by atoms with Gasteiger partial charge in [0.15, 0.2) is 17.3 Å². The van der Waals surface area contributed by atoms with Crippen LogP contribution in [0, 0.1) is 0 Å². The van der Waals surface area contributed by atoms with Crippen LogP contribution >= 0.6 is 0 Å². The zero-order valence-corrected chi connectivity index (χ0v) is 25.1. The summed E-state index contributed by atoms with van der Waals surface area (Å²) in [4.78, 5) is 26.2. The summed E-state index contributed by atoms with van der Waals surface area (Å²) in [6, 6.07) is 7.85. The summed E-state index contributed by atoms with van der Waals surface area (Å²) < 4.78 is 11.0. The summed E-state index contributed by atoms with van der Waals surface area (Å²) in [5, 5.41) is 63.4. The molecule has 6 N–H and O–H groups in total. The molecule has 1 heterocycles. The highest BCUT2D eigenvalue weighted by atomic mass is 16.5. The molecule has 0 bridgehead atoms. The van der Waals surface area contributed by atoms with E-state index in [1.54, 1.807) is 12.1 Å². The monoisotopic (exact) mass is 592 g/mol. The Hall–Kier alpha value is -4.86. The second-order valence-corrected chi connectivity index (χ2v) is 12.6. The van der Waals surface area contributed by atoms with Crippen LogP contribution in [0.15, 0.2) is 45.6 Å². The van der Waals surface area contributed by atoms with E-state index in [0.29, 0.717) is 16.7 Å². The van der Waals surface area contributed by atoms with Gasteiger partial charge >= 0.3 is 5.97 Å². The fourth-order valence-corrected chi connectivity index (χ4v) is 5.18. The zero-order valence-electron chi connectivity index (χ0n) is 25.1. The van der Waals surface area contributed by atoms with Crippen molar-refractivity contribution in [2.75, 3.05) is 7.11 Å². The van der Waals surface area contributed by atoms with Crippen LogP contribution in [-0.2, 0) is 20.4 Å². The minimum Gasteiger partial charge on any atom is -0.507 e. The first-order chi connectivity index (χ1) is 19.9. The van der Waals surface area contributed by atoms with Gasteiger partial charge in [-0.2, -0.15) is 0 Å². The molecule has 0 fully saturated rings. The van der Waals surface area contributed by atoms with E-state index in [2.05, 4.69) is 0 Å². The largest absolute Gasteiger partial charge is 0.507 e. The quantitative estimate of drug-likeness (QED) is 0.119. The maximum absolute atomic E-state index is 13.4. The summed E-state index contributed by atoms with van der Waals surface area (Å²) in [6.45, 7) is 11.5. The fourth-order valence-electron chi connectivity index (χ4n) is 5.18. The molecule has 0 saturated heterocycles. The lowest BCUT2D eigenvalue weighted by atomic mass is 9.75. The van der Waals surface area contributed by atoms with Crippen molar-refractivity contribution in [3.8, 4) is 45.8 Å². The van der Waals surface area contributed by atoms with Gasteiger partial charge in [-0.05, 0) is 45.7 Å². The summed E-state index contributed by atoms with van der Waals surface area (Å²) in [5.41, 5.74) is -0.832. The van der Waals surface area contributed by atoms with E-state index < -0.39 is 68.0 Å². The maximum Gasteiger partial charge on any atom is 0.306 e. The summed E-state index contributed by atoms with van der Waals surface area (Å²) in [7, 11) is 1.21. The third-order valence-electron chi connectivity index (χ3n) is 7.47. The van der Waals surface area contributed by atoms with Gasteiger partial charge in [-0.15, -0.1) is 0 Å². The number of hydrogen-bond donors (Lipinski definition) is 6. The van der Waals surface area contributed by atoms with Crippen molar-refractivity contribution in [3.63, 3.8) is 0 Å². The first-order valence-electron chi connectivity index (χ1n) is 13.6. The van der Waals surface area contributed by atoms with Gasteiger partial charge in [-0.1, -0.05) is 53.7 Å². The number of hydrogen-bond acceptors (Lipinski definition) is 10. The molecule has 0 aliphatic heterocycles. The van der Waals surface area contributed by atoms with Crippen molar-refractivity contribution < 1.29 is 44.6 Å². The van der Waals surface area contributed by atoms with Crippen LogP contribution in [0.1, 0.15) is 76.1 Å². The number of ether oxygens (including phenoxy) is 1. The van der Waals surface area contributed by atoms with Crippen molar-refractivity contribution in [3.05, 3.63) is 68.9 Å². The van der Waals surface area contributed by atoms with E-state index in [-0.39, 0.29) is 28.9 Å². The van der Waals surface area contributed by atoms with Crippen LogP contribution < -0.4 is 5.43 Å². The van der Waals surface area contributed by atoms with Gasteiger partial charge in [0.05, 0.1) is 13.5 Å². The minimum absolute atomic E-state index is 0.0137. The number of methoxy groups -OCH3 is 1. The Balaban J connectivity index is 2.17. The Morgan fingerprint density at radius 1 is 0.791 bits per heavy atom. The number of benzene rings is 3. The van der Waals surface area contributed by atoms with Crippen molar-refractivity contribution in [2.45, 2.75) is 64.7 Å². The van der Waals surface area contributed by atoms with E-state index in [1.165, 1.54) is 13.2 Å².